The number of pyridine rings is 2. The van der Waals surface area contributed by atoms with Crippen molar-refractivity contribution < 1.29 is 0 Å². The molecule has 1 saturated carbocycles. The number of allylic oxidation sites excluding steroid dienone is 2. The maximum absolute atomic E-state index is 6.50. The normalized spacial score (nSPS) is 13.6. The summed E-state index contributed by atoms with van der Waals surface area (Å²) in [5.74, 6) is 1.55. The smallest absolute Gasteiger partial charge is 0.130 e. The van der Waals surface area contributed by atoms with Crippen LogP contribution in [0.3, 0.4) is 0 Å². The van der Waals surface area contributed by atoms with E-state index >= 15 is 0 Å². The molecule has 2 heterocycles. The number of hydrogen-bond donors (Lipinski definition) is 2. The van der Waals surface area contributed by atoms with Gasteiger partial charge in [-0.25, -0.2) is 10.2 Å². The molecule has 0 aliphatic heterocycles. The van der Waals surface area contributed by atoms with Crippen LogP contribution in [0.15, 0.2) is 54.6 Å². The van der Waals surface area contributed by atoms with Crippen molar-refractivity contribution >= 4 is 22.3 Å². The number of fused-ring (bicyclic) bond motifs is 1. The van der Waals surface area contributed by atoms with E-state index in [-0.39, 0.29) is 0 Å². The highest BCUT2D eigenvalue weighted by Gasteiger charge is 2.26. The fraction of sp³-hybridized carbons (Fsp3) is 0.261. The number of nitriles is 1. The minimum absolute atomic E-state index is 0.668. The molecule has 0 atom stereocenters. The second kappa shape index (κ2) is 8.53. The van der Waals surface area contributed by atoms with Crippen LogP contribution in [0.2, 0.25) is 0 Å². The van der Waals surface area contributed by atoms with Crippen molar-refractivity contribution in [2.24, 2.45) is 5.92 Å². The van der Waals surface area contributed by atoms with Gasteiger partial charge in [0.15, 0.2) is 0 Å². The molecule has 1 fully saturated rings. The van der Waals surface area contributed by atoms with Gasteiger partial charge in [-0.1, -0.05) is 13.0 Å². The Bertz CT molecular complexity index is 1030. The molecular formula is C23H25N5. The van der Waals surface area contributed by atoms with Gasteiger partial charge >= 0.3 is 0 Å². The Morgan fingerprint density at radius 2 is 2.07 bits per heavy atom. The summed E-state index contributed by atoms with van der Waals surface area (Å²) in [5, 5.41) is 12.1. The van der Waals surface area contributed by atoms with Crippen LogP contribution in [0.25, 0.3) is 21.9 Å². The van der Waals surface area contributed by atoms with Crippen LogP contribution in [0, 0.1) is 24.7 Å². The third-order valence-corrected chi connectivity index (χ3v) is 4.93. The van der Waals surface area contributed by atoms with E-state index in [0.29, 0.717) is 5.92 Å². The minimum Gasteiger partial charge on any atom is -0.398 e. The van der Waals surface area contributed by atoms with Crippen molar-refractivity contribution in [1.82, 2.24) is 9.97 Å². The summed E-state index contributed by atoms with van der Waals surface area (Å²) in [5.41, 5.74) is 11.7. The maximum Gasteiger partial charge on any atom is 0.130 e. The van der Waals surface area contributed by atoms with E-state index in [4.69, 9.17) is 11.0 Å². The Labute approximate surface area is 165 Å². The number of aryl methyl sites for hydroxylation is 1. The van der Waals surface area contributed by atoms with E-state index in [0.717, 1.165) is 39.8 Å². The van der Waals surface area contributed by atoms with Gasteiger partial charge in [0.2, 0.25) is 0 Å². The monoisotopic (exact) mass is 371 g/mol. The molecule has 28 heavy (non-hydrogen) atoms. The highest BCUT2D eigenvalue weighted by Crippen LogP contribution is 2.37. The first-order valence-corrected chi connectivity index (χ1v) is 9.49. The van der Waals surface area contributed by atoms with Crippen LogP contribution in [0.1, 0.15) is 31.7 Å². The summed E-state index contributed by atoms with van der Waals surface area (Å²) in [7, 11) is 0. The molecule has 3 aromatic rings. The number of nitrogens with one attached hydrogen (secondary N) is 1. The molecule has 5 nitrogen and oxygen atoms in total. The molecule has 0 amide bonds. The number of rotatable bonds is 5. The molecule has 0 spiro atoms. The van der Waals surface area contributed by atoms with Gasteiger partial charge in [0, 0.05) is 47.5 Å². The molecule has 5 heteroatoms. The Morgan fingerprint density at radius 1 is 1.29 bits per heavy atom. The molecule has 0 bridgehead atoms. The fourth-order valence-corrected chi connectivity index (χ4v) is 3.36. The zero-order chi connectivity index (χ0) is 20.1. The summed E-state index contributed by atoms with van der Waals surface area (Å²) in [6, 6.07) is 8.29. The highest BCUT2D eigenvalue weighted by atomic mass is 15.0. The van der Waals surface area contributed by atoms with Gasteiger partial charge in [0.25, 0.3) is 0 Å². The number of anilines is 2. The quantitative estimate of drug-likeness (QED) is 0.583. The molecular weight excluding hydrogens is 346 g/mol. The van der Waals surface area contributed by atoms with E-state index in [2.05, 4.69) is 53.9 Å². The van der Waals surface area contributed by atoms with Crippen LogP contribution >= 0.6 is 0 Å². The molecule has 0 unspecified atom stereocenters. The van der Waals surface area contributed by atoms with Gasteiger partial charge in [0.1, 0.15) is 5.82 Å². The molecule has 0 saturated heterocycles. The van der Waals surface area contributed by atoms with E-state index in [9.17, 15) is 0 Å². The SMILES string of the molecule is C#N.CC/C=C(/Nc1cc2cc(-c3cnccc3C)cc(N)c2cn1)C1CC1. The largest absolute Gasteiger partial charge is 0.398 e. The predicted molar refractivity (Wildman–Crippen MR) is 116 cm³/mol. The molecule has 0 radical (unpaired) electrons. The number of nitrogen functional groups attached to an aromatic ring is 1. The Balaban J connectivity index is 0.00000109. The molecule has 3 N–H and O–H groups in total. The minimum atomic E-state index is 0.668. The van der Waals surface area contributed by atoms with Crippen molar-refractivity contribution in [3.8, 4) is 17.7 Å². The zero-order valence-electron chi connectivity index (χ0n) is 16.3. The van der Waals surface area contributed by atoms with Crippen molar-refractivity contribution in [3.63, 3.8) is 0 Å². The van der Waals surface area contributed by atoms with Crippen LogP contribution in [0.4, 0.5) is 11.5 Å². The predicted octanol–water partition coefficient (Wildman–Crippen LogP) is 5.44. The van der Waals surface area contributed by atoms with Gasteiger partial charge < -0.3 is 11.1 Å². The Hall–Kier alpha value is -3.39. The first kappa shape index (κ1) is 19.4. The number of aromatic nitrogens is 2. The average molecular weight is 371 g/mol. The lowest BCUT2D eigenvalue weighted by Gasteiger charge is -2.13. The van der Waals surface area contributed by atoms with Gasteiger partial charge in [-0.3, -0.25) is 4.98 Å². The van der Waals surface area contributed by atoms with E-state index in [1.54, 1.807) is 0 Å². The molecule has 2 aromatic heterocycles. The lowest BCUT2D eigenvalue weighted by atomic mass is 9.99. The zero-order valence-corrected chi connectivity index (χ0v) is 16.3. The number of benzene rings is 1. The van der Waals surface area contributed by atoms with Gasteiger partial charge in [0.05, 0.1) is 0 Å². The third kappa shape index (κ3) is 4.12. The van der Waals surface area contributed by atoms with Gasteiger partial charge in [-0.15, -0.1) is 0 Å². The van der Waals surface area contributed by atoms with Gasteiger partial charge in [-0.05, 0) is 72.9 Å². The second-order valence-electron chi connectivity index (χ2n) is 7.01. The van der Waals surface area contributed by atoms with Gasteiger partial charge in [-0.2, -0.15) is 0 Å². The van der Waals surface area contributed by atoms with Crippen LogP contribution < -0.4 is 11.1 Å². The van der Waals surface area contributed by atoms with Crippen molar-refractivity contribution in [1.29, 1.82) is 5.26 Å². The second-order valence-corrected chi connectivity index (χ2v) is 7.01. The molecule has 1 aliphatic rings. The molecule has 4 rings (SSSR count). The summed E-state index contributed by atoms with van der Waals surface area (Å²) in [4.78, 5) is 8.84. The number of nitrogens with zero attached hydrogens (tertiary/aromatic N) is 3. The standard InChI is InChI=1S/C22H24N4.CHN/c1-3-4-21(15-5-6-15)26-22-11-17-9-16(10-20(23)19(17)13-25-22)18-12-24-8-7-14(18)2;1-2/h4,7-13,15H,3,5-6,23H2,1-2H3,(H,25,26);1H/b21-4+;. The van der Waals surface area contributed by atoms with Crippen LogP contribution in [-0.2, 0) is 0 Å². The lowest BCUT2D eigenvalue weighted by Crippen LogP contribution is -2.03. The first-order valence-electron chi connectivity index (χ1n) is 9.49. The number of hydrogen-bond acceptors (Lipinski definition) is 5. The number of nitrogens with two attached hydrogens (primary N) is 1. The van der Waals surface area contributed by atoms with Crippen LogP contribution in [-0.4, -0.2) is 9.97 Å². The van der Waals surface area contributed by atoms with E-state index in [1.165, 1.54) is 24.1 Å². The highest BCUT2D eigenvalue weighted by molar-refractivity contribution is 5.97. The van der Waals surface area contributed by atoms with Crippen molar-refractivity contribution in [2.45, 2.75) is 33.1 Å². The summed E-state index contributed by atoms with van der Waals surface area (Å²) in [6.45, 7) is 7.76. The summed E-state index contributed by atoms with van der Waals surface area (Å²) < 4.78 is 0. The van der Waals surface area contributed by atoms with E-state index in [1.807, 2.05) is 30.7 Å². The third-order valence-electron chi connectivity index (χ3n) is 4.93. The molecule has 1 aromatic carbocycles. The van der Waals surface area contributed by atoms with E-state index < -0.39 is 0 Å². The fourth-order valence-electron chi connectivity index (χ4n) is 3.36. The Morgan fingerprint density at radius 3 is 2.75 bits per heavy atom. The first-order chi connectivity index (χ1) is 13.7. The van der Waals surface area contributed by atoms with Crippen molar-refractivity contribution in [3.05, 3.63) is 60.2 Å². The maximum atomic E-state index is 6.50. The topological polar surface area (TPSA) is 87.6 Å². The molecule has 142 valence electrons. The average Bonchev–Trinajstić information content (AvgIpc) is 3.54. The summed E-state index contributed by atoms with van der Waals surface area (Å²) >= 11 is 0. The van der Waals surface area contributed by atoms with Crippen LogP contribution in [0.5, 0.6) is 0 Å². The lowest BCUT2D eigenvalue weighted by molar-refractivity contribution is 0.981. The Kier molecular flexibility index (Phi) is 5.90. The summed E-state index contributed by atoms with van der Waals surface area (Å²) in [6.07, 6.45) is 11.4. The van der Waals surface area contributed by atoms with Crippen molar-refractivity contribution in [2.75, 3.05) is 11.1 Å². The molecule has 1 aliphatic carbocycles.